The normalized spacial score (nSPS) is 13.8. The fraction of sp³-hybridized carbons (Fsp3) is 0.231. The number of rotatable bonds is 2. The van der Waals surface area contributed by atoms with E-state index in [4.69, 9.17) is 5.73 Å². The molecule has 108 valence electrons. The summed E-state index contributed by atoms with van der Waals surface area (Å²) in [6, 6.07) is 4.03. The quantitative estimate of drug-likeness (QED) is 0.504. The van der Waals surface area contributed by atoms with Gasteiger partial charge in [0, 0.05) is 37.1 Å². The molecule has 0 saturated heterocycles. The molecule has 1 aromatic heterocycles. The van der Waals surface area contributed by atoms with Gasteiger partial charge in [-0.2, -0.15) is 0 Å². The van der Waals surface area contributed by atoms with E-state index >= 15 is 0 Å². The van der Waals surface area contributed by atoms with Crippen molar-refractivity contribution < 1.29 is 9.72 Å². The van der Waals surface area contributed by atoms with Gasteiger partial charge in [0.05, 0.1) is 11.5 Å². The predicted octanol–water partition coefficient (Wildman–Crippen LogP) is 1.03. The number of carbonyl (C=O) groups is 1. The number of nitrogens with two attached hydrogens (primary N) is 1. The van der Waals surface area contributed by atoms with Crippen molar-refractivity contribution in [3.63, 3.8) is 0 Å². The summed E-state index contributed by atoms with van der Waals surface area (Å²) in [7, 11) is 0. The van der Waals surface area contributed by atoms with E-state index in [2.05, 4.69) is 4.98 Å². The molecule has 0 fully saturated rings. The fourth-order valence-electron chi connectivity index (χ4n) is 2.38. The van der Waals surface area contributed by atoms with Crippen molar-refractivity contribution in [3.8, 4) is 0 Å². The second-order valence-electron chi connectivity index (χ2n) is 4.79. The Morgan fingerprint density at radius 2 is 2.19 bits per heavy atom. The number of nitro groups is 1. The van der Waals surface area contributed by atoms with Crippen LogP contribution in [0.15, 0.2) is 30.6 Å². The van der Waals surface area contributed by atoms with Crippen LogP contribution in [0.1, 0.15) is 16.2 Å². The highest BCUT2D eigenvalue weighted by Gasteiger charge is 2.23. The molecule has 2 heterocycles. The van der Waals surface area contributed by atoms with Crippen LogP contribution in [-0.2, 0) is 13.1 Å². The standard InChI is InChI=1S/C13H13N5O3/c14-10-7-9(1-2-11(10)18(20)21)13(19)17-6-5-16-4-3-15-12(16)8-17/h1-4,7H,5-6,8,14H2. The molecule has 0 radical (unpaired) electrons. The number of anilines is 1. The van der Waals surface area contributed by atoms with Gasteiger partial charge in [0.2, 0.25) is 0 Å². The van der Waals surface area contributed by atoms with E-state index in [1.54, 1.807) is 11.1 Å². The summed E-state index contributed by atoms with van der Waals surface area (Å²) in [5.41, 5.74) is 5.76. The first-order valence-electron chi connectivity index (χ1n) is 6.39. The Balaban J connectivity index is 1.83. The third-order valence-electron chi connectivity index (χ3n) is 3.50. The van der Waals surface area contributed by atoms with Crippen LogP contribution < -0.4 is 5.73 Å². The van der Waals surface area contributed by atoms with E-state index in [1.807, 2.05) is 10.8 Å². The molecule has 0 saturated carbocycles. The zero-order chi connectivity index (χ0) is 15.0. The maximum atomic E-state index is 12.4. The Hall–Kier alpha value is -2.90. The van der Waals surface area contributed by atoms with Gasteiger partial charge in [-0.05, 0) is 12.1 Å². The van der Waals surface area contributed by atoms with Crippen LogP contribution in [0.4, 0.5) is 11.4 Å². The molecule has 1 aliphatic rings. The van der Waals surface area contributed by atoms with Crippen molar-refractivity contribution in [3.05, 3.63) is 52.1 Å². The summed E-state index contributed by atoms with van der Waals surface area (Å²) >= 11 is 0. The van der Waals surface area contributed by atoms with Crippen LogP contribution in [0.3, 0.4) is 0 Å². The van der Waals surface area contributed by atoms with Crippen molar-refractivity contribution in [2.75, 3.05) is 12.3 Å². The van der Waals surface area contributed by atoms with E-state index in [1.165, 1.54) is 18.2 Å². The molecular weight excluding hydrogens is 274 g/mol. The number of hydrogen-bond acceptors (Lipinski definition) is 5. The Bertz CT molecular complexity index is 724. The summed E-state index contributed by atoms with van der Waals surface area (Å²) < 4.78 is 1.99. The lowest BCUT2D eigenvalue weighted by Crippen LogP contribution is -2.38. The number of fused-ring (bicyclic) bond motifs is 1. The Labute approximate surface area is 119 Å². The molecule has 0 atom stereocenters. The van der Waals surface area contributed by atoms with Crippen LogP contribution in [0.2, 0.25) is 0 Å². The maximum Gasteiger partial charge on any atom is 0.292 e. The monoisotopic (exact) mass is 287 g/mol. The average Bonchev–Trinajstić information content (AvgIpc) is 2.93. The van der Waals surface area contributed by atoms with Gasteiger partial charge in [-0.15, -0.1) is 0 Å². The van der Waals surface area contributed by atoms with Crippen molar-refractivity contribution in [1.82, 2.24) is 14.5 Å². The first-order valence-corrected chi connectivity index (χ1v) is 6.39. The SMILES string of the molecule is Nc1cc(C(=O)N2CCn3ccnc3C2)ccc1[N+](=O)[O-]. The van der Waals surface area contributed by atoms with Gasteiger partial charge >= 0.3 is 0 Å². The third kappa shape index (κ3) is 2.31. The average molecular weight is 287 g/mol. The summed E-state index contributed by atoms with van der Waals surface area (Å²) in [6.07, 6.45) is 3.58. The molecule has 0 bridgehead atoms. The smallest absolute Gasteiger partial charge is 0.292 e. The lowest BCUT2D eigenvalue weighted by molar-refractivity contribution is -0.383. The molecule has 1 amide bonds. The first-order chi connectivity index (χ1) is 10.1. The minimum absolute atomic E-state index is 0.00985. The number of nitro benzene ring substituents is 1. The summed E-state index contributed by atoms with van der Waals surface area (Å²) in [4.78, 5) is 28.4. The maximum absolute atomic E-state index is 12.4. The van der Waals surface area contributed by atoms with E-state index < -0.39 is 4.92 Å². The predicted molar refractivity (Wildman–Crippen MR) is 74.5 cm³/mol. The molecule has 2 N–H and O–H groups in total. The van der Waals surface area contributed by atoms with Crippen LogP contribution in [0.5, 0.6) is 0 Å². The lowest BCUT2D eigenvalue weighted by atomic mass is 10.1. The summed E-state index contributed by atoms with van der Waals surface area (Å²) in [5, 5.41) is 10.7. The van der Waals surface area contributed by atoms with E-state index in [9.17, 15) is 14.9 Å². The molecule has 0 unspecified atom stereocenters. The molecule has 3 rings (SSSR count). The number of nitrogen functional groups attached to an aromatic ring is 1. The highest BCUT2D eigenvalue weighted by atomic mass is 16.6. The van der Waals surface area contributed by atoms with Crippen molar-refractivity contribution in [2.45, 2.75) is 13.1 Å². The Morgan fingerprint density at radius 1 is 1.38 bits per heavy atom. The van der Waals surface area contributed by atoms with Gasteiger partial charge < -0.3 is 15.2 Å². The number of carbonyl (C=O) groups excluding carboxylic acids is 1. The highest BCUT2D eigenvalue weighted by molar-refractivity contribution is 5.95. The van der Waals surface area contributed by atoms with Crippen LogP contribution in [0, 0.1) is 10.1 Å². The number of aromatic nitrogens is 2. The van der Waals surface area contributed by atoms with E-state index in [0.29, 0.717) is 25.2 Å². The molecule has 0 aliphatic carbocycles. The van der Waals surface area contributed by atoms with Crippen LogP contribution in [-0.4, -0.2) is 31.8 Å². The lowest BCUT2D eigenvalue weighted by Gasteiger charge is -2.27. The zero-order valence-electron chi connectivity index (χ0n) is 11.1. The second-order valence-corrected chi connectivity index (χ2v) is 4.79. The molecule has 1 aliphatic heterocycles. The largest absolute Gasteiger partial charge is 0.393 e. The van der Waals surface area contributed by atoms with Gasteiger partial charge in [-0.1, -0.05) is 0 Å². The van der Waals surface area contributed by atoms with Crippen LogP contribution in [0.25, 0.3) is 0 Å². The molecule has 0 spiro atoms. The van der Waals surface area contributed by atoms with Crippen molar-refractivity contribution in [1.29, 1.82) is 0 Å². The van der Waals surface area contributed by atoms with E-state index in [0.717, 1.165) is 5.82 Å². The number of amides is 1. The zero-order valence-corrected chi connectivity index (χ0v) is 11.1. The third-order valence-corrected chi connectivity index (χ3v) is 3.50. The van der Waals surface area contributed by atoms with Gasteiger partial charge in [-0.3, -0.25) is 14.9 Å². The molecular formula is C13H13N5O3. The molecule has 21 heavy (non-hydrogen) atoms. The van der Waals surface area contributed by atoms with Crippen LogP contribution >= 0.6 is 0 Å². The van der Waals surface area contributed by atoms with Gasteiger partial charge in [0.25, 0.3) is 11.6 Å². The van der Waals surface area contributed by atoms with Crippen molar-refractivity contribution in [2.24, 2.45) is 0 Å². The minimum atomic E-state index is -0.568. The van der Waals surface area contributed by atoms with Gasteiger partial charge in [0.1, 0.15) is 11.5 Å². The number of benzene rings is 1. The number of nitrogens with zero attached hydrogens (tertiary/aromatic N) is 4. The Kier molecular flexibility index (Phi) is 3.05. The first kappa shape index (κ1) is 13.1. The van der Waals surface area contributed by atoms with E-state index in [-0.39, 0.29) is 17.3 Å². The summed E-state index contributed by atoms with van der Waals surface area (Å²) in [5.74, 6) is 0.621. The van der Waals surface area contributed by atoms with Gasteiger partial charge in [0.15, 0.2) is 0 Å². The number of imidazole rings is 1. The minimum Gasteiger partial charge on any atom is -0.393 e. The second kappa shape index (κ2) is 4.89. The van der Waals surface area contributed by atoms with Crippen molar-refractivity contribution >= 4 is 17.3 Å². The topological polar surface area (TPSA) is 107 Å². The molecule has 2 aromatic rings. The highest BCUT2D eigenvalue weighted by Crippen LogP contribution is 2.23. The fourth-order valence-corrected chi connectivity index (χ4v) is 2.38. The summed E-state index contributed by atoms with van der Waals surface area (Å²) in [6.45, 7) is 1.67. The Morgan fingerprint density at radius 3 is 2.90 bits per heavy atom. The molecule has 8 nitrogen and oxygen atoms in total. The van der Waals surface area contributed by atoms with Gasteiger partial charge in [-0.25, -0.2) is 4.98 Å². The molecule has 1 aromatic carbocycles. The number of hydrogen-bond donors (Lipinski definition) is 1. The molecule has 8 heteroatoms.